The Bertz CT molecular complexity index is 1690. The average molecular weight is 863 g/mol. The minimum atomic E-state index is 0. The number of nitrogens with one attached hydrogen (secondary N) is 2. The summed E-state index contributed by atoms with van der Waals surface area (Å²) in [5, 5.41) is 7.05. The van der Waals surface area contributed by atoms with Crippen molar-refractivity contribution in [2.24, 2.45) is 0 Å². The van der Waals surface area contributed by atoms with E-state index < -0.39 is 0 Å². The monoisotopic (exact) mass is 863 g/mol. The van der Waals surface area contributed by atoms with Crippen LogP contribution in [-0.4, -0.2) is 0 Å². The van der Waals surface area contributed by atoms with Crippen molar-refractivity contribution >= 4 is 46.3 Å². The molecule has 4 aromatic rings. The van der Waals surface area contributed by atoms with Crippen molar-refractivity contribution in [3.8, 4) is 0 Å². The zero-order chi connectivity index (χ0) is 42.7. The van der Waals surface area contributed by atoms with Gasteiger partial charge in [-0.1, -0.05) is 236 Å². The van der Waals surface area contributed by atoms with E-state index in [0.717, 1.165) is 0 Å². The van der Waals surface area contributed by atoms with Gasteiger partial charge in [0.1, 0.15) is 0 Å². The molecule has 0 fully saturated rings. The smallest absolute Gasteiger partial charge is 0.0526 e. The largest absolute Gasteiger partial charge is 0.354 e. The molecule has 0 spiro atoms. The zero-order valence-corrected chi connectivity index (χ0v) is 40.3. The summed E-state index contributed by atoms with van der Waals surface area (Å²) in [6.07, 6.45) is 32.8. The molecule has 0 amide bonds. The molecule has 61 heavy (non-hydrogen) atoms. The van der Waals surface area contributed by atoms with Gasteiger partial charge in [0.05, 0.1) is 22.7 Å². The second-order valence-corrected chi connectivity index (χ2v) is 19.8. The van der Waals surface area contributed by atoms with Gasteiger partial charge in [-0.15, -0.1) is 0 Å². The molecule has 4 aromatic carbocycles. The molecule has 0 saturated heterocycles. The number of rotatable bonds is 25. The molecule has 2 aliphatic heterocycles. The maximum absolute atomic E-state index is 4.19. The fourth-order valence-corrected chi connectivity index (χ4v) is 10.3. The molecule has 2 nitrogen and oxygen atoms in total. The van der Waals surface area contributed by atoms with Crippen molar-refractivity contribution < 1.29 is 0 Å². The summed E-state index contributed by atoms with van der Waals surface area (Å²) in [5.41, 5.74) is 8.23. The normalized spacial score (nSPS) is 12.8. The first-order valence-electron chi connectivity index (χ1n) is 24.4. The second kappa shape index (κ2) is 30.9. The van der Waals surface area contributed by atoms with Gasteiger partial charge < -0.3 is 10.6 Å². The number of benzene rings is 4. The van der Waals surface area contributed by atoms with Crippen LogP contribution < -0.4 is 10.6 Å². The zero-order valence-electron chi connectivity index (χ0n) is 38.7. The van der Waals surface area contributed by atoms with Gasteiger partial charge in [-0.05, 0) is 98.0 Å². The molecule has 2 aliphatic rings. The Morgan fingerprint density at radius 1 is 0.443 bits per heavy atom. The van der Waals surface area contributed by atoms with Crippen LogP contribution in [0.4, 0.5) is 22.7 Å². The van der Waals surface area contributed by atoms with E-state index in [0.29, 0.717) is 5.41 Å². The molecule has 0 aromatic heterocycles. The molecular formula is C57H86N2S2. The van der Waals surface area contributed by atoms with Crippen LogP contribution in [0.15, 0.2) is 123 Å². The maximum Gasteiger partial charge on any atom is 0.0526 e. The molecule has 336 valence electrons. The van der Waals surface area contributed by atoms with Crippen LogP contribution in [0.2, 0.25) is 0 Å². The summed E-state index contributed by atoms with van der Waals surface area (Å²) in [7, 11) is 0. The number of allylic oxidation sites excluding steroid dienone is 1. The molecule has 1 unspecified atom stereocenters. The van der Waals surface area contributed by atoms with Gasteiger partial charge >= 0.3 is 0 Å². The summed E-state index contributed by atoms with van der Waals surface area (Å²) >= 11 is 3.74. The lowest BCUT2D eigenvalue weighted by Crippen LogP contribution is -2.22. The fraction of sp³-hybridized carbons (Fsp3) is 0.544. The highest BCUT2D eigenvalue weighted by atomic mass is 32.2. The predicted molar refractivity (Wildman–Crippen MR) is 277 cm³/mol. The van der Waals surface area contributed by atoms with Crippen LogP contribution in [0.1, 0.15) is 202 Å². The third kappa shape index (κ3) is 19.1. The lowest BCUT2D eigenvalue weighted by atomic mass is 9.74. The van der Waals surface area contributed by atoms with Crippen molar-refractivity contribution in [2.75, 3.05) is 10.6 Å². The summed E-state index contributed by atoms with van der Waals surface area (Å²) < 4.78 is 0. The molecule has 0 aliphatic carbocycles. The number of unbranched alkanes of at least 4 members (excludes halogenated alkanes) is 16. The molecule has 2 heterocycles. The van der Waals surface area contributed by atoms with Gasteiger partial charge in [-0.3, -0.25) is 0 Å². The SMILES string of the molecule is C.C=C(CCCCCC)CCCCCCCC.CCCCCCCCC(C)(CCCCCC)c1ccc2c(c1)Sc1ccccc1N2.c1ccc2c(c1)Nc1ccccc1S2. The van der Waals surface area contributed by atoms with Crippen molar-refractivity contribution in [3.63, 3.8) is 0 Å². The van der Waals surface area contributed by atoms with Gasteiger partial charge in [0.25, 0.3) is 0 Å². The van der Waals surface area contributed by atoms with Crippen LogP contribution >= 0.6 is 23.5 Å². The molecule has 0 saturated carbocycles. The molecule has 6 rings (SSSR count). The number of fused-ring (bicyclic) bond motifs is 4. The van der Waals surface area contributed by atoms with Crippen molar-refractivity contribution in [3.05, 3.63) is 109 Å². The lowest BCUT2D eigenvalue weighted by Gasteiger charge is -2.32. The molecule has 0 bridgehead atoms. The van der Waals surface area contributed by atoms with Crippen LogP contribution in [0.25, 0.3) is 0 Å². The van der Waals surface area contributed by atoms with Crippen molar-refractivity contribution in [1.29, 1.82) is 0 Å². The Hall–Kier alpha value is -3.08. The molecule has 2 N–H and O–H groups in total. The summed E-state index contributed by atoms with van der Waals surface area (Å²) in [4.78, 5) is 5.31. The van der Waals surface area contributed by atoms with Crippen LogP contribution in [0.3, 0.4) is 0 Å². The fourth-order valence-electron chi connectivity index (χ4n) is 8.32. The summed E-state index contributed by atoms with van der Waals surface area (Å²) in [5.74, 6) is 0. The third-order valence-electron chi connectivity index (χ3n) is 12.3. The van der Waals surface area contributed by atoms with E-state index in [-0.39, 0.29) is 7.43 Å². The number of para-hydroxylation sites is 3. The lowest BCUT2D eigenvalue weighted by molar-refractivity contribution is 0.362. The highest BCUT2D eigenvalue weighted by molar-refractivity contribution is 8.00. The van der Waals surface area contributed by atoms with Crippen LogP contribution in [0.5, 0.6) is 0 Å². The minimum Gasteiger partial charge on any atom is -0.354 e. The Morgan fingerprint density at radius 3 is 1.25 bits per heavy atom. The number of hydrogen-bond donors (Lipinski definition) is 2. The molecule has 0 radical (unpaired) electrons. The quantitative estimate of drug-likeness (QED) is 0.0442. The molecule has 1 atom stereocenters. The van der Waals surface area contributed by atoms with E-state index in [2.05, 4.69) is 143 Å². The Kier molecular flexibility index (Phi) is 26.5. The Balaban J connectivity index is 0.000000269. The second-order valence-electron chi connectivity index (χ2n) is 17.6. The van der Waals surface area contributed by atoms with Gasteiger partial charge in [0.15, 0.2) is 0 Å². The minimum absolute atomic E-state index is 0. The highest BCUT2D eigenvalue weighted by Gasteiger charge is 2.27. The third-order valence-corrected chi connectivity index (χ3v) is 14.5. The van der Waals surface area contributed by atoms with Crippen molar-refractivity contribution in [2.45, 2.75) is 221 Å². The van der Waals surface area contributed by atoms with Gasteiger partial charge in [0.2, 0.25) is 0 Å². The van der Waals surface area contributed by atoms with E-state index in [9.17, 15) is 0 Å². The predicted octanol–water partition coefficient (Wildman–Crippen LogP) is 20.7. The van der Waals surface area contributed by atoms with E-state index in [1.807, 2.05) is 23.5 Å². The van der Waals surface area contributed by atoms with Crippen LogP contribution in [0, 0.1) is 0 Å². The standard InChI is InChI=1S/C28H41NS.C16H32.C12H9NS.CH4/c1-4-6-8-10-11-15-21-28(3,20-14-9-7-5-2)23-18-19-25-27(22-23)30-26-17-13-12-16-24(26)29-25;1-4-6-8-10-11-13-15-16(3)14-12-9-7-5-2;1-3-7-11-9(5-1)13-10-6-2-4-8-12(10)14-11;/h12-13,16-19,22,29H,4-11,14-15,20-21H2,1-3H3;3-15H2,1-2H3;1-8,13H;1H4. The summed E-state index contributed by atoms with van der Waals surface area (Å²) in [6, 6.07) is 32.6. The first kappa shape index (κ1) is 52.3. The van der Waals surface area contributed by atoms with E-state index >= 15 is 0 Å². The van der Waals surface area contributed by atoms with Crippen LogP contribution in [-0.2, 0) is 5.41 Å². The number of hydrogen-bond acceptors (Lipinski definition) is 4. The van der Waals surface area contributed by atoms with Gasteiger partial charge in [-0.2, -0.15) is 0 Å². The molecule has 4 heteroatoms. The highest BCUT2D eigenvalue weighted by Crippen LogP contribution is 2.47. The Labute approximate surface area is 384 Å². The average Bonchev–Trinajstić information content (AvgIpc) is 3.28. The van der Waals surface area contributed by atoms with Gasteiger partial charge in [0, 0.05) is 19.6 Å². The first-order chi connectivity index (χ1) is 29.4. The Morgan fingerprint density at radius 2 is 0.787 bits per heavy atom. The summed E-state index contributed by atoms with van der Waals surface area (Å²) in [6.45, 7) is 15.9. The van der Waals surface area contributed by atoms with Gasteiger partial charge in [-0.25, -0.2) is 0 Å². The first-order valence-corrected chi connectivity index (χ1v) is 26.0. The van der Waals surface area contributed by atoms with E-state index in [4.69, 9.17) is 0 Å². The maximum atomic E-state index is 4.19. The number of anilines is 4. The topological polar surface area (TPSA) is 24.1 Å². The van der Waals surface area contributed by atoms with E-state index in [1.165, 1.54) is 202 Å². The van der Waals surface area contributed by atoms with E-state index in [1.54, 1.807) is 5.56 Å². The molecular weight excluding hydrogens is 777 g/mol. The van der Waals surface area contributed by atoms with Crippen molar-refractivity contribution in [1.82, 2.24) is 0 Å².